The predicted molar refractivity (Wildman–Crippen MR) is 68.2 cm³/mol. The highest BCUT2D eigenvalue weighted by atomic mass is 32.2. The van der Waals surface area contributed by atoms with Gasteiger partial charge in [0.15, 0.2) is 9.84 Å². The maximum Gasteiger partial charge on any atom is 0.307 e. The summed E-state index contributed by atoms with van der Waals surface area (Å²) in [6.45, 7) is 0. The summed E-state index contributed by atoms with van der Waals surface area (Å²) in [5.41, 5.74) is 0. The Morgan fingerprint density at radius 3 is 2.32 bits per heavy atom. The van der Waals surface area contributed by atoms with Gasteiger partial charge in [-0.25, -0.2) is 8.42 Å². The number of aliphatic carboxylic acids is 1. The number of hydrogen-bond donors (Lipinski definition) is 2. The van der Waals surface area contributed by atoms with Gasteiger partial charge < -0.3 is 10.4 Å². The second kappa shape index (κ2) is 5.32. The van der Waals surface area contributed by atoms with Crippen LogP contribution in [-0.4, -0.2) is 42.9 Å². The molecule has 1 saturated heterocycles. The number of amides is 1. The second-order valence-electron chi connectivity index (χ2n) is 5.10. The second-order valence-corrected chi connectivity index (χ2v) is 7.33. The molecule has 0 spiro atoms. The number of carboxylic acids is 1. The van der Waals surface area contributed by atoms with E-state index in [0.29, 0.717) is 19.3 Å². The highest BCUT2D eigenvalue weighted by molar-refractivity contribution is 7.91. The number of nitrogens with one attached hydrogen (secondary N) is 1. The zero-order valence-corrected chi connectivity index (χ0v) is 11.2. The van der Waals surface area contributed by atoms with Crippen molar-refractivity contribution in [2.75, 3.05) is 11.5 Å². The summed E-state index contributed by atoms with van der Waals surface area (Å²) in [5, 5.41) is 11.8. The first kappa shape index (κ1) is 14.0. The molecule has 1 heterocycles. The van der Waals surface area contributed by atoms with Crippen molar-refractivity contribution >= 4 is 21.7 Å². The lowest BCUT2D eigenvalue weighted by molar-refractivity contribution is -0.147. The maximum atomic E-state index is 12.1. The van der Waals surface area contributed by atoms with E-state index in [-0.39, 0.29) is 23.5 Å². The Morgan fingerprint density at radius 2 is 1.79 bits per heavy atom. The molecular weight excluding hydrogens is 270 g/mol. The molecule has 1 fully saturated rings. The molecule has 0 aromatic rings. The highest BCUT2D eigenvalue weighted by Gasteiger charge is 2.36. The van der Waals surface area contributed by atoms with Crippen molar-refractivity contribution in [3.8, 4) is 0 Å². The zero-order chi connectivity index (χ0) is 14.0. The van der Waals surface area contributed by atoms with E-state index in [2.05, 4.69) is 5.32 Å². The Kier molecular flexibility index (Phi) is 3.93. The molecule has 0 unspecified atom stereocenters. The van der Waals surface area contributed by atoms with Gasteiger partial charge in [0, 0.05) is 6.04 Å². The van der Waals surface area contributed by atoms with Crippen LogP contribution in [0.15, 0.2) is 12.2 Å². The van der Waals surface area contributed by atoms with E-state index in [4.69, 9.17) is 5.11 Å². The molecule has 0 radical (unpaired) electrons. The number of hydrogen-bond acceptors (Lipinski definition) is 4. The quantitative estimate of drug-likeness (QED) is 0.709. The molecule has 19 heavy (non-hydrogen) atoms. The van der Waals surface area contributed by atoms with E-state index in [1.165, 1.54) is 0 Å². The van der Waals surface area contributed by atoms with Crippen LogP contribution in [0, 0.1) is 11.8 Å². The van der Waals surface area contributed by atoms with Crippen molar-refractivity contribution in [1.82, 2.24) is 5.32 Å². The molecule has 0 aromatic heterocycles. The summed E-state index contributed by atoms with van der Waals surface area (Å²) in [5.74, 6) is -2.61. The average Bonchev–Trinajstić information content (AvgIpc) is 2.68. The molecule has 1 aliphatic carbocycles. The average molecular weight is 287 g/mol. The fourth-order valence-corrected chi connectivity index (χ4v) is 4.27. The van der Waals surface area contributed by atoms with Crippen LogP contribution in [0.2, 0.25) is 0 Å². The monoisotopic (exact) mass is 287 g/mol. The lowest BCUT2D eigenvalue weighted by Gasteiger charge is -2.25. The first-order valence-corrected chi connectivity index (χ1v) is 8.10. The number of sulfone groups is 1. The van der Waals surface area contributed by atoms with E-state index < -0.39 is 27.6 Å². The third-order valence-electron chi connectivity index (χ3n) is 3.67. The minimum Gasteiger partial charge on any atom is -0.481 e. The fraction of sp³-hybridized carbons (Fsp3) is 0.667. The molecule has 6 nitrogen and oxygen atoms in total. The van der Waals surface area contributed by atoms with Gasteiger partial charge in [-0.2, -0.15) is 0 Å². The summed E-state index contributed by atoms with van der Waals surface area (Å²) in [4.78, 5) is 23.2. The van der Waals surface area contributed by atoms with E-state index in [0.717, 1.165) is 0 Å². The van der Waals surface area contributed by atoms with E-state index >= 15 is 0 Å². The first-order valence-electron chi connectivity index (χ1n) is 6.27. The number of carbonyl (C=O) groups excluding carboxylic acids is 1. The van der Waals surface area contributed by atoms with Crippen LogP contribution in [0.4, 0.5) is 0 Å². The summed E-state index contributed by atoms with van der Waals surface area (Å²) in [6.07, 6.45) is 4.71. The Bertz CT molecular complexity index is 510. The van der Waals surface area contributed by atoms with Crippen molar-refractivity contribution in [2.45, 2.75) is 25.3 Å². The zero-order valence-electron chi connectivity index (χ0n) is 10.4. The minimum absolute atomic E-state index is 0.0426. The largest absolute Gasteiger partial charge is 0.481 e. The van der Waals surface area contributed by atoms with Gasteiger partial charge in [-0.1, -0.05) is 12.2 Å². The molecule has 7 heteroatoms. The van der Waals surface area contributed by atoms with Crippen LogP contribution in [0.3, 0.4) is 0 Å². The first-order chi connectivity index (χ1) is 8.89. The summed E-state index contributed by atoms with van der Waals surface area (Å²) >= 11 is 0. The molecule has 1 aliphatic heterocycles. The molecular formula is C12H17NO5S. The molecule has 2 N–H and O–H groups in total. The van der Waals surface area contributed by atoms with Gasteiger partial charge in [0.25, 0.3) is 0 Å². The summed E-state index contributed by atoms with van der Waals surface area (Å²) in [7, 11) is -3.05. The molecule has 3 atom stereocenters. The Balaban J connectivity index is 1.99. The Labute approximate surface area is 111 Å². The standard InChI is InChI=1S/C12H17NO5S/c14-11(13-8-5-6-19(17,18)7-8)9-3-1-2-4-10(9)12(15)16/h1-2,8-10H,3-7H2,(H,13,14)(H,15,16)/t8-,9+,10-/m0/s1. The molecule has 0 bridgehead atoms. The van der Waals surface area contributed by atoms with Crippen LogP contribution < -0.4 is 5.32 Å². The van der Waals surface area contributed by atoms with Crippen molar-refractivity contribution in [3.63, 3.8) is 0 Å². The van der Waals surface area contributed by atoms with Crippen molar-refractivity contribution in [2.24, 2.45) is 11.8 Å². The van der Waals surface area contributed by atoms with Crippen LogP contribution in [0.1, 0.15) is 19.3 Å². The third-order valence-corrected chi connectivity index (χ3v) is 5.43. The minimum atomic E-state index is -3.05. The van der Waals surface area contributed by atoms with E-state index in [1.807, 2.05) is 0 Å². The van der Waals surface area contributed by atoms with Gasteiger partial charge in [0.1, 0.15) is 0 Å². The molecule has 0 saturated carbocycles. The predicted octanol–water partition coefficient (Wildman–Crippen LogP) is -0.0433. The third kappa shape index (κ3) is 3.34. The Morgan fingerprint density at radius 1 is 1.16 bits per heavy atom. The SMILES string of the molecule is O=C(O)[C@H]1CC=CC[C@H]1C(=O)N[C@H]1CCS(=O)(=O)C1. The molecule has 106 valence electrons. The highest BCUT2D eigenvalue weighted by Crippen LogP contribution is 2.26. The van der Waals surface area contributed by atoms with Gasteiger partial charge >= 0.3 is 5.97 Å². The van der Waals surface area contributed by atoms with Crippen LogP contribution in [0.5, 0.6) is 0 Å². The lowest BCUT2D eigenvalue weighted by Crippen LogP contribution is -2.43. The summed E-state index contributed by atoms with van der Waals surface area (Å²) in [6, 6.07) is -0.377. The van der Waals surface area contributed by atoms with Crippen molar-refractivity contribution in [3.05, 3.63) is 12.2 Å². The normalized spacial score (nSPS) is 32.9. The summed E-state index contributed by atoms with van der Waals surface area (Å²) < 4.78 is 22.6. The molecule has 1 amide bonds. The van der Waals surface area contributed by atoms with Gasteiger partial charge in [-0.05, 0) is 19.3 Å². The number of carboxylic acid groups (broad SMARTS) is 1. The van der Waals surface area contributed by atoms with E-state index in [9.17, 15) is 18.0 Å². The van der Waals surface area contributed by atoms with Crippen LogP contribution in [0.25, 0.3) is 0 Å². The van der Waals surface area contributed by atoms with Gasteiger partial charge in [0.2, 0.25) is 5.91 Å². The van der Waals surface area contributed by atoms with Gasteiger partial charge in [0.05, 0.1) is 23.3 Å². The smallest absolute Gasteiger partial charge is 0.307 e. The maximum absolute atomic E-state index is 12.1. The molecule has 2 aliphatic rings. The topological polar surface area (TPSA) is 101 Å². The lowest BCUT2D eigenvalue weighted by atomic mass is 9.82. The van der Waals surface area contributed by atoms with Crippen LogP contribution >= 0.6 is 0 Å². The van der Waals surface area contributed by atoms with Gasteiger partial charge in [-0.3, -0.25) is 9.59 Å². The van der Waals surface area contributed by atoms with Crippen molar-refractivity contribution in [1.29, 1.82) is 0 Å². The van der Waals surface area contributed by atoms with Crippen molar-refractivity contribution < 1.29 is 23.1 Å². The number of rotatable bonds is 3. The number of allylic oxidation sites excluding steroid dienone is 2. The fourth-order valence-electron chi connectivity index (χ4n) is 2.59. The van der Waals surface area contributed by atoms with E-state index in [1.54, 1.807) is 12.2 Å². The Hall–Kier alpha value is -1.37. The molecule has 0 aromatic carbocycles. The van der Waals surface area contributed by atoms with Crippen LogP contribution in [-0.2, 0) is 19.4 Å². The number of carbonyl (C=O) groups is 2. The van der Waals surface area contributed by atoms with Gasteiger partial charge in [-0.15, -0.1) is 0 Å². The molecule has 2 rings (SSSR count).